The number of nitro groups is 1. The molecule has 0 atom stereocenters. The molecule has 0 spiro atoms. The Morgan fingerprint density at radius 1 is 1.25 bits per heavy atom. The SMILES string of the molecule is Cc1nc2ccccn2c(=O)c1NC(=O)c1cccc([N+](=O)[O-])c1. The number of non-ortho nitro benzene ring substituents is 1. The van der Waals surface area contributed by atoms with Gasteiger partial charge in [0.15, 0.2) is 0 Å². The molecule has 0 bridgehead atoms. The zero-order valence-electron chi connectivity index (χ0n) is 12.6. The summed E-state index contributed by atoms with van der Waals surface area (Å²) in [6.45, 7) is 1.61. The molecule has 0 saturated heterocycles. The van der Waals surface area contributed by atoms with Crippen molar-refractivity contribution in [1.29, 1.82) is 0 Å². The molecule has 2 heterocycles. The smallest absolute Gasteiger partial charge is 0.281 e. The van der Waals surface area contributed by atoms with E-state index in [1.165, 1.54) is 22.6 Å². The summed E-state index contributed by atoms with van der Waals surface area (Å²) in [5.74, 6) is -0.614. The number of nitro benzene ring substituents is 1. The number of pyridine rings is 1. The van der Waals surface area contributed by atoms with Crippen LogP contribution in [-0.4, -0.2) is 20.2 Å². The summed E-state index contributed by atoms with van der Waals surface area (Å²) in [5.41, 5.74) is 0.333. The summed E-state index contributed by atoms with van der Waals surface area (Å²) in [5, 5.41) is 13.3. The first-order chi connectivity index (χ1) is 11.5. The maximum absolute atomic E-state index is 12.5. The van der Waals surface area contributed by atoms with Crippen molar-refractivity contribution in [1.82, 2.24) is 9.38 Å². The minimum absolute atomic E-state index is 0.0372. The number of carbonyl (C=O) groups excluding carboxylic acids is 1. The van der Waals surface area contributed by atoms with E-state index in [-0.39, 0.29) is 16.9 Å². The molecule has 0 radical (unpaired) electrons. The Morgan fingerprint density at radius 3 is 2.79 bits per heavy atom. The number of rotatable bonds is 3. The van der Waals surface area contributed by atoms with Gasteiger partial charge in [0.25, 0.3) is 17.2 Å². The molecule has 120 valence electrons. The Kier molecular flexibility index (Phi) is 3.78. The first-order valence-electron chi connectivity index (χ1n) is 7.01. The lowest BCUT2D eigenvalue weighted by Gasteiger charge is -2.09. The standard InChI is InChI=1S/C16H12N4O4/c1-10-14(16(22)19-8-3-2-7-13(19)17-10)18-15(21)11-5-4-6-12(9-11)20(23)24/h2-9H,1H3,(H,18,21). The summed E-state index contributed by atoms with van der Waals surface area (Å²) >= 11 is 0. The lowest BCUT2D eigenvalue weighted by Crippen LogP contribution is -2.25. The van der Waals surface area contributed by atoms with Gasteiger partial charge in [0.05, 0.1) is 10.6 Å². The molecule has 0 fully saturated rings. The number of benzene rings is 1. The predicted molar refractivity (Wildman–Crippen MR) is 87.2 cm³/mol. The van der Waals surface area contributed by atoms with Crippen molar-refractivity contribution in [2.45, 2.75) is 6.92 Å². The minimum atomic E-state index is -0.614. The molecule has 0 unspecified atom stereocenters. The van der Waals surface area contributed by atoms with E-state index < -0.39 is 16.4 Å². The van der Waals surface area contributed by atoms with Gasteiger partial charge in [0.1, 0.15) is 11.3 Å². The molecule has 0 aliphatic heterocycles. The fraction of sp³-hybridized carbons (Fsp3) is 0.0625. The monoisotopic (exact) mass is 324 g/mol. The third kappa shape index (κ3) is 2.72. The van der Waals surface area contributed by atoms with Gasteiger partial charge in [-0.1, -0.05) is 12.1 Å². The van der Waals surface area contributed by atoms with Crippen molar-refractivity contribution in [3.63, 3.8) is 0 Å². The molecular weight excluding hydrogens is 312 g/mol. The molecule has 8 heteroatoms. The summed E-state index contributed by atoms with van der Waals surface area (Å²) in [6.07, 6.45) is 1.55. The number of fused-ring (bicyclic) bond motifs is 1. The molecule has 0 aliphatic rings. The van der Waals surface area contributed by atoms with Crippen molar-refractivity contribution in [2.75, 3.05) is 5.32 Å². The van der Waals surface area contributed by atoms with Gasteiger partial charge in [-0.25, -0.2) is 4.98 Å². The second-order valence-electron chi connectivity index (χ2n) is 5.07. The number of aryl methyl sites for hydroxylation is 1. The molecule has 1 amide bonds. The molecule has 0 aliphatic carbocycles. The number of anilines is 1. The van der Waals surface area contributed by atoms with E-state index in [1.807, 2.05) is 0 Å². The Hall–Kier alpha value is -3.55. The van der Waals surface area contributed by atoms with Crippen LogP contribution >= 0.6 is 0 Å². The van der Waals surface area contributed by atoms with E-state index in [4.69, 9.17) is 0 Å². The lowest BCUT2D eigenvalue weighted by molar-refractivity contribution is -0.384. The number of amides is 1. The van der Waals surface area contributed by atoms with E-state index in [1.54, 1.807) is 31.3 Å². The summed E-state index contributed by atoms with van der Waals surface area (Å²) in [4.78, 5) is 39.3. The third-order valence-electron chi connectivity index (χ3n) is 3.47. The van der Waals surface area contributed by atoms with E-state index in [9.17, 15) is 19.7 Å². The van der Waals surface area contributed by atoms with Gasteiger partial charge in [0.2, 0.25) is 0 Å². The molecule has 8 nitrogen and oxygen atoms in total. The summed E-state index contributed by atoms with van der Waals surface area (Å²) in [6, 6.07) is 10.4. The molecule has 3 rings (SSSR count). The van der Waals surface area contributed by atoms with Gasteiger partial charge in [-0.05, 0) is 25.1 Å². The molecule has 1 aromatic carbocycles. The quantitative estimate of drug-likeness (QED) is 0.587. The highest BCUT2D eigenvalue weighted by atomic mass is 16.6. The van der Waals surface area contributed by atoms with Crippen LogP contribution in [0, 0.1) is 17.0 Å². The number of hydrogen-bond acceptors (Lipinski definition) is 5. The van der Waals surface area contributed by atoms with Crippen molar-refractivity contribution in [2.24, 2.45) is 0 Å². The van der Waals surface area contributed by atoms with Crippen molar-refractivity contribution < 1.29 is 9.72 Å². The van der Waals surface area contributed by atoms with Gasteiger partial charge in [-0.3, -0.25) is 24.1 Å². The molecule has 3 aromatic rings. The second-order valence-corrected chi connectivity index (χ2v) is 5.07. The largest absolute Gasteiger partial charge is 0.316 e. The zero-order valence-corrected chi connectivity index (χ0v) is 12.6. The van der Waals surface area contributed by atoms with Crippen molar-refractivity contribution in [3.8, 4) is 0 Å². The van der Waals surface area contributed by atoms with Crippen molar-refractivity contribution in [3.05, 3.63) is 80.4 Å². The first-order valence-corrected chi connectivity index (χ1v) is 7.01. The fourth-order valence-electron chi connectivity index (χ4n) is 2.29. The lowest BCUT2D eigenvalue weighted by atomic mass is 10.2. The van der Waals surface area contributed by atoms with E-state index in [0.717, 1.165) is 6.07 Å². The first kappa shape index (κ1) is 15.3. The zero-order chi connectivity index (χ0) is 17.3. The van der Waals surface area contributed by atoms with Crippen LogP contribution in [0.2, 0.25) is 0 Å². The van der Waals surface area contributed by atoms with Gasteiger partial charge in [0, 0.05) is 23.9 Å². The Balaban J connectivity index is 2.01. The van der Waals surface area contributed by atoms with Gasteiger partial charge in [-0.2, -0.15) is 0 Å². The Bertz CT molecular complexity index is 1030. The maximum Gasteiger partial charge on any atom is 0.281 e. The van der Waals surface area contributed by atoms with Crippen LogP contribution in [0.5, 0.6) is 0 Å². The third-order valence-corrected chi connectivity index (χ3v) is 3.47. The number of nitrogens with one attached hydrogen (secondary N) is 1. The van der Waals surface area contributed by atoms with Crippen LogP contribution in [0.4, 0.5) is 11.4 Å². The fourth-order valence-corrected chi connectivity index (χ4v) is 2.29. The van der Waals surface area contributed by atoms with Crippen LogP contribution in [0.3, 0.4) is 0 Å². The second kappa shape index (κ2) is 5.92. The molecule has 2 aromatic heterocycles. The minimum Gasteiger partial charge on any atom is -0.316 e. The van der Waals surface area contributed by atoms with Crippen LogP contribution in [0.15, 0.2) is 53.5 Å². The molecule has 24 heavy (non-hydrogen) atoms. The molecule has 1 N–H and O–H groups in total. The van der Waals surface area contributed by atoms with Gasteiger partial charge in [-0.15, -0.1) is 0 Å². The summed E-state index contributed by atoms with van der Waals surface area (Å²) in [7, 11) is 0. The number of carbonyl (C=O) groups is 1. The molecule has 0 saturated carbocycles. The Morgan fingerprint density at radius 2 is 2.04 bits per heavy atom. The van der Waals surface area contributed by atoms with E-state index >= 15 is 0 Å². The summed E-state index contributed by atoms with van der Waals surface area (Å²) < 4.78 is 1.32. The highest BCUT2D eigenvalue weighted by Crippen LogP contribution is 2.15. The topological polar surface area (TPSA) is 107 Å². The maximum atomic E-state index is 12.5. The van der Waals surface area contributed by atoms with Crippen LogP contribution in [-0.2, 0) is 0 Å². The predicted octanol–water partition coefficient (Wildman–Crippen LogP) is 2.16. The van der Waals surface area contributed by atoms with Crippen molar-refractivity contribution >= 4 is 22.9 Å². The van der Waals surface area contributed by atoms with Crippen LogP contribution in [0.1, 0.15) is 16.1 Å². The van der Waals surface area contributed by atoms with E-state index in [2.05, 4.69) is 10.3 Å². The van der Waals surface area contributed by atoms with Crippen LogP contribution in [0.25, 0.3) is 5.65 Å². The average molecular weight is 324 g/mol. The van der Waals surface area contributed by atoms with Crippen LogP contribution < -0.4 is 10.9 Å². The molecular formula is C16H12N4O4. The highest BCUT2D eigenvalue weighted by Gasteiger charge is 2.16. The number of nitrogens with zero attached hydrogens (tertiary/aromatic N) is 3. The van der Waals surface area contributed by atoms with Gasteiger partial charge >= 0.3 is 0 Å². The highest BCUT2D eigenvalue weighted by molar-refractivity contribution is 6.04. The number of aromatic nitrogens is 2. The normalized spacial score (nSPS) is 10.5. The average Bonchev–Trinajstić information content (AvgIpc) is 2.58. The van der Waals surface area contributed by atoms with Gasteiger partial charge < -0.3 is 5.32 Å². The Labute approximate surface area is 135 Å². The van der Waals surface area contributed by atoms with E-state index in [0.29, 0.717) is 11.3 Å². The number of hydrogen-bond donors (Lipinski definition) is 1.